The highest BCUT2D eigenvalue weighted by Crippen LogP contribution is 2.24. The van der Waals surface area contributed by atoms with Crippen LogP contribution in [0.3, 0.4) is 0 Å². The smallest absolute Gasteiger partial charge is 0.234 e. The highest BCUT2D eigenvalue weighted by atomic mass is 35.5. The normalized spacial score (nSPS) is 10.7. The van der Waals surface area contributed by atoms with Gasteiger partial charge < -0.3 is 15.0 Å². The molecule has 0 saturated heterocycles. The SMILES string of the molecule is CCOc1ccccc1NC(=O)CSCc1cc(=O)c2cc(Cl)ccc2[nH]1. The van der Waals surface area contributed by atoms with Gasteiger partial charge in [0.1, 0.15) is 5.75 Å². The van der Waals surface area contributed by atoms with Crippen molar-refractivity contribution < 1.29 is 9.53 Å². The number of benzene rings is 2. The Kier molecular flexibility index (Phi) is 6.42. The Morgan fingerprint density at radius 3 is 2.85 bits per heavy atom. The lowest BCUT2D eigenvalue weighted by Crippen LogP contribution is -2.15. The fraction of sp³-hybridized carbons (Fsp3) is 0.200. The van der Waals surface area contributed by atoms with Gasteiger partial charge in [0.05, 0.1) is 18.0 Å². The Morgan fingerprint density at radius 1 is 1.22 bits per heavy atom. The summed E-state index contributed by atoms with van der Waals surface area (Å²) in [6, 6.07) is 14.0. The van der Waals surface area contributed by atoms with E-state index in [1.165, 1.54) is 11.8 Å². The standard InChI is InChI=1S/C20H19ClN2O3S/c1-2-26-19-6-4-3-5-17(19)23-20(25)12-27-11-14-10-18(24)15-9-13(21)7-8-16(15)22-14/h3-10H,2,11-12H2,1H3,(H,22,24)(H,23,25). The number of carbonyl (C=O) groups excluding carboxylic acids is 1. The van der Waals surface area contributed by atoms with Crippen molar-refractivity contribution in [2.75, 3.05) is 17.7 Å². The number of fused-ring (bicyclic) bond motifs is 1. The van der Waals surface area contributed by atoms with Gasteiger partial charge in [-0.25, -0.2) is 0 Å². The zero-order valence-corrected chi connectivity index (χ0v) is 16.3. The van der Waals surface area contributed by atoms with Crippen LogP contribution in [0.25, 0.3) is 10.9 Å². The Balaban J connectivity index is 1.60. The molecule has 1 heterocycles. The number of halogens is 1. The fourth-order valence-electron chi connectivity index (χ4n) is 2.64. The number of rotatable bonds is 7. The molecule has 0 saturated carbocycles. The predicted octanol–water partition coefficient (Wildman–Crippen LogP) is 4.45. The van der Waals surface area contributed by atoms with E-state index in [2.05, 4.69) is 10.3 Å². The number of anilines is 1. The van der Waals surface area contributed by atoms with Crippen LogP contribution >= 0.6 is 23.4 Å². The number of nitrogens with one attached hydrogen (secondary N) is 2. The van der Waals surface area contributed by atoms with Gasteiger partial charge in [-0.15, -0.1) is 11.8 Å². The number of H-pyrrole nitrogens is 1. The molecule has 2 aromatic carbocycles. The maximum Gasteiger partial charge on any atom is 0.234 e. The van der Waals surface area contributed by atoms with Crippen molar-refractivity contribution in [3.05, 3.63) is 69.5 Å². The summed E-state index contributed by atoms with van der Waals surface area (Å²) in [5.41, 5.74) is 2.07. The van der Waals surface area contributed by atoms with E-state index in [-0.39, 0.29) is 17.1 Å². The molecule has 0 spiro atoms. The molecule has 0 fully saturated rings. The maximum atomic E-state index is 12.2. The van der Waals surface area contributed by atoms with Gasteiger partial charge in [0, 0.05) is 33.4 Å². The van der Waals surface area contributed by atoms with Crippen molar-refractivity contribution in [2.45, 2.75) is 12.7 Å². The first-order valence-electron chi connectivity index (χ1n) is 8.47. The van der Waals surface area contributed by atoms with Crippen molar-refractivity contribution >= 4 is 45.9 Å². The molecule has 0 aliphatic rings. The molecule has 0 aliphatic carbocycles. The van der Waals surface area contributed by atoms with E-state index in [0.717, 1.165) is 11.2 Å². The van der Waals surface area contributed by atoms with Gasteiger partial charge in [0.2, 0.25) is 5.91 Å². The lowest BCUT2D eigenvalue weighted by atomic mass is 10.2. The number of hydrogen-bond donors (Lipinski definition) is 2. The number of para-hydroxylation sites is 2. The minimum atomic E-state index is -0.123. The Bertz CT molecular complexity index is 1020. The van der Waals surface area contributed by atoms with E-state index in [0.29, 0.717) is 34.2 Å². The first-order valence-corrected chi connectivity index (χ1v) is 10.0. The summed E-state index contributed by atoms with van der Waals surface area (Å²) in [5.74, 6) is 1.31. The number of hydrogen-bond acceptors (Lipinski definition) is 4. The Hall–Kier alpha value is -2.44. The topological polar surface area (TPSA) is 71.2 Å². The largest absolute Gasteiger partial charge is 0.492 e. The molecule has 1 amide bonds. The number of carbonyl (C=O) groups is 1. The summed E-state index contributed by atoms with van der Waals surface area (Å²) in [6.07, 6.45) is 0. The number of ether oxygens (including phenoxy) is 1. The van der Waals surface area contributed by atoms with Gasteiger partial charge >= 0.3 is 0 Å². The van der Waals surface area contributed by atoms with Gasteiger partial charge in [0.25, 0.3) is 0 Å². The number of aromatic amines is 1. The average molecular weight is 403 g/mol. The molecule has 27 heavy (non-hydrogen) atoms. The van der Waals surface area contributed by atoms with Crippen LogP contribution in [0, 0.1) is 0 Å². The molecular weight excluding hydrogens is 384 g/mol. The molecule has 5 nitrogen and oxygen atoms in total. The molecule has 140 valence electrons. The lowest BCUT2D eigenvalue weighted by molar-refractivity contribution is -0.113. The van der Waals surface area contributed by atoms with E-state index in [1.54, 1.807) is 30.3 Å². The summed E-state index contributed by atoms with van der Waals surface area (Å²) < 4.78 is 5.50. The third-order valence-corrected chi connectivity index (χ3v) is 5.02. The summed E-state index contributed by atoms with van der Waals surface area (Å²) in [7, 11) is 0. The van der Waals surface area contributed by atoms with Gasteiger partial charge in [-0.05, 0) is 37.3 Å². The Morgan fingerprint density at radius 2 is 2.04 bits per heavy atom. The number of thioether (sulfide) groups is 1. The van der Waals surface area contributed by atoms with Crippen LogP contribution in [0.1, 0.15) is 12.6 Å². The van der Waals surface area contributed by atoms with E-state index in [1.807, 2.05) is 25.1 Å². The fourth-order valence-corrected chi connectivity index (χ4v) is 3.55. The van der Waals surface area contributed by atoms with E-state index < -0.39 is 0 Å². The summed E-state index contributed by atoms with van der Waals surface area (Å²) in [4.78, 5) is 27.6. The molecule has 3 aromatic rings. The molecule has 1 aromatic heterocycles. The number of amides is 1. The zero-order valence-electron chi connectivity index (χ0n) is 14.8. The minimum absolute atomic E-state index is 0.0862. The second kappa shape index (κ2) is 8.97. The van der Waals surface area contributed by atoms with Crippen molar-refractivity contribution in [1.82, 2.24) is 4.98 Å². The quantitative estimate of drug-likeness (QED) is 0.612. The summed E-state index contributed by atoms with van der Waals surface area (Å²) in [5, 5.41) is 3.94. The molecule has 0 aliphatic heterocycles. The van der Waals surface area contributed by atoms with Crippen LogP contribution < -0.4 is 15.5 Å². The van der Waals surface area contributed by atoms with Gasteiger partial charge in [-0.3, -0.25) is 9.59 Å². The molecular formula is C20H19ClN2O3S. The van der Waals surface area contributed by atoms with E-state index >= 15 is 0 Å². The average Bonchev–Trinajstić information content (AvgIpc) is 2.64. The second-order valence-electron chi connectivity index (χ2n) is 5.82. The highest BCUT2D eigenvalue weighted by molar-refractivity contribution is 7.99. The predicted molar refractivity (Wildman–Crippen MR) is 112 cm³/mol. The van der Waals surface area contributed by atoms with Crippen LogP contribution in [-0.2, 0) is 10.5 Å². The zero-order chi connectivity index (χ0) is 19.2. The molecule has 0 atom stereocenters. The summed E-state index contributed by atoms with van der Waals surface area (Å²) >= 11 is 7.36. The number of aromatic nitrogens is 1. The molecule has 0 unspecified atom stereocenters. The van der Waals surface area contributed by atoms with Gasteiger partial charge in [-0.2, -0.15) is 0 Å². The highest BCUT2D eigenvalue weighted by Gasteiger charge is 2.08. The van der Waals surface area contributed by atoms with Crippen molar-refractivity contribution in [3.63, 3.8) is 0 Å². The lowest BCUT2D eigenvalue weighted by Gasteiger charge is -2.11. The van der Waals surface area contributed by atoms with Crippen molar-refractivity contribution in [2.24, 2.45) is 0 Å². The van der Waals surface area contributed by atoms with Crippen LogP contribution in [0.4, 0.5) is 5.69 Å². The van der Waals surface area contributed by atoms with Crippen LogP contribution in [-0.4, -0.2) is 23.3 Å². The molecule has 3 rings (SSSR count). The summed E-state index contributed by atoms with van der Waals surface area (Å²) in [6.45, 7) is 2.43. The maximum absolute atomic E-state index is 12.2. The van der Waals surface area contributed by atoms with Crippen molar-refractivity contribution in [3.8, 4) is 5.75 Å². The van der Waals surface area contributed by atoms with Gasteiger partial charge in [0.15, 0.2) is 5.43 Å². The third-order valence-electron chi connectivity index (χ3n) is 3.80. The number of pyridine rings is 1. The third kappa shape index (κ3) is 5.05. The molecule has 2 N–H and O–H groups in total. The molecule has 0 bridgehead atoms. The minimum Gasteiger partial charge on any atom is -0.492 e. The van der Waals surface area contributed by atoms with Gasteiger partial charge in [-0.1, -0.05) is 23.7 Å². The second-order valence-corrected chi connectivity index (χ2v) is 7.24. The van der Waals surface area contributed by atoms with E-state index in [9.17, 15) is 9.59 Å². The van der Waals surface area contributed by atoms with Crippen molar-refractivity contribution in [1.29, 1.82) is 0 Å². The first kappa shape index (κ1) is 19.3. The molecule has 7 heteroatoms. The first-order chi connectivity index (χ1) is 13.1. The van der Waals surface area contributed by atoms with Crippen LogP contribution in [0.2, 0.25) is 5.02 Å². The molecule has 0 radical (unpaired) electrons. The van der Waals surface area contributed by atoms with E-state index in [4.69, 9.17) is 16.3 Å². The Labute approximate surface area is 166 Å². The van der Waals surface area contributed by atoms with Crippen LogP contribution in [0.5, 0.6) is 5.75 Å². The van der Waals surface area contributed by atoms with Crippen LogP contribution in [0.15, 0.2) is 53.3 Å². The monoisotopic (exact) mass is 402 g/mol.